The van der Waals surface area contributed by atoms with Gasteiger partial charge in [-0.3, -0.25) is 9.78 Å². The molecule has 1 heterocycles. The second-order valence-corrected chi connectivity index (χ2v) is 5.02. The van der Waals surface area contributed by atoms with Crippen molar-refractivity contribution < 1.29 is 23.1 Å². The van der Waals surface area contributed by atoms with Gasteiger partial charge in [0.15, 0.2) is 6.10 Å². The molecule has 1 unspecified atom stereocenters. The third-order valence-electron chi connectivity index (χ3n) is 3.30. The van der Waals surface area contributed by atoms with Gasteiger partial charge in [0.25, 0.3) is 5.91 Å². The van der Waals surface area contributed by atoms with E-state index in [1.807, 2.05) is 30.3 Å². The maximum atomic E-state index is 12.4. The Morgan fingerprint density at radius 3 is 2.30 bits per heavy atom. The van der Waals surface area contributed by atoms with Gasteiger partial charge in [-0.1, -0.05) is 36.4 Å². The molecule has 0 aliphatic carbocycles. The lowest BCUT2D eigenvalue weighted by molar-refractivity contribution is -0.141. The average molecular weight is 324 g/mol. The number of amides is 1. The van der Waals surface area contributed by atoms with Gasteiger partial charge in [0.1, 0.15) is 5.69 Å². The lowest BCUT2D eigenvalue weighted by Gasteiger charge is -2.17. The SMILES string of the molecule is C[C@H](NC(=O)C(O)c1ccc(C(F)(F)F)nc1)c1ccccc1. The van der Waals surface area contributed by atoms with Crippen molar-refractivity contribution >= 4 is 5.91 Å². The van der Waals surface area contributed by atoms with Gasteiger partial charge in [-0.2, -0.15) is 13.2 Å². The van der Waals surface area contributed by atoms with Crippen LogP contribution in [0.5, 0.6) is 0 Å². The van der Waals surface area contributed by atoms with Crippen LogP contribution in [0.2, 0.25) is 0 Å². The van der Waals surface area contributed by atoms with E-state index in [1.165, 1.54) is 0 Å². The molecule has 1 aromatic heterocycles. The highest BCUT2D eigenvalue weighted by molar-refractivity contribution is 5.82. The molecule has 2 rings (SSSR count). The highest BCUT2D eigenvalue weighted by Gasteiger charge is 2.32. The zero-order valence-corrected chi connectivity index (χ0v) is 12.2. The minimum Gasteiger partial charge on any atom is -0.378 e. The number of alkyl halides is 3. The van der Waals surface area contributed by atoms with E-state index in [-0.39, 0.29) is 11.6 Å². The molecule has 0 radical (unpaired) electrons. The Morgan fingerprint density at radius 2 is 1.78 bits per heavy atom. The van der Waals surface area contributed by atoms with Crippen LogP contribution in [0.25, 0.3) is 0 Å². The lowest BCUT2D eigenvalue weighted by Crippen LogP contribution is -2.31. The van der Waals surface area contributed by atoms with Crippen molar-refractivity contribution in [1.29, 1.82) is 0 Å². The molecule has 2 atom stereocenters. The normalized spacial score (nSPS) is 14.1. The van der Waals surface area contributed by atoms with Crippen molar-refractivity contribution in [1.82, 2.24) is 10.3 Å². The Hall–Kier alpha value is -2.41. The smallest absolute Gasteiger partial charge is 0.378 e. The number of pyridine rings is 1. The van der Waals surface area contributed by atoms with Crippen LogP contribution in [0, 0.1) is 0 Å². The number of carbonyl (C=O) groups is 1. The topological polar surface area (TPSA) is 62.2 Å². The fourth-order valence-electron chi connectivity index (χ4n) is 2.00. The maximum absolute atomic E-state index is 12.4. The van der Waals surface area contributed by atoms with Crippen molar-refractivity contribution in [3.05, 3.63) is 65.5 Å². The number of nitrogens with one attached hydrogen (secondary N) is 1. The number of aliphatic hydroxyl groups is 1. The number of hydrogen-bond acceptors (Lipinski definition) is 3. The number of halogens is 3. The van der Waals surface area contributed by atoms with Crippen molar-refractivity contribution in [3.8, 4) is 0 Å². The van der Waals surface area contributed by atoms with E-state index in [4.69, 9.17) is 0 Å². The van der Waals surface area contributed by atoms with Crippen LogP contribution >= 0.6 is 0 Å². The molecule has 4 nitrogen and oxygen atoms in total. The fourth-order valence-corrected chi connectivity index (χ4v) is 2.00. The van der Waals surface area contributed by atoms with Gasteiger partial charge in [0.05, 0.1) is 6.04 Å². The Labute approximate surface area is 131 Å². The van der Waals surface area contributed by atoms with E-state index < -0.39 is 23.9 Å². The first-order chi connectivity index (χ1) is 10.8. The summed E-state index contributed by atoms with van der Waals surface area (Å²) >= 11 is 0. The van der Waals surface area contributed by atoms with E-state index >= 15 is 0 Å². The second kappa shape index (κ2) is 6.78. The van der Waals surface area contributed by atoms with Gasteiger partial charge in [0, 0.05) is 11.8 Å². The van der Waals surface area contributed by atoms with Crippen LogP contribution in [0.3, 0.4) is 0 Å². The van der Waals surface area contributed by atoms with Crippen molar-refractivity contribution in [3.63, 3.8) is 0 Å². The zero-order chi connectivity index (χ0) is 17.0. The van der Waals surface area contributed by atoms with Crippen LogP contribution in [0.4, 0.5) is 13.2 Å². The average Bonchev–Trinajstić information content (AvgIpc) is 2.54. The molecule has 1 amide bonds. The standard InChI is InChI=1S/C16H15F3N2O2/c1-10(11-5-3-2-4-6-11)21-15(23)14(22)12-7-8-13(20-9-12)16(17,18)19/h2-10,14,22H,1H3,(H,21,23)/t10-,14?/m0/s1. The molecule has 0 bridgehead atoms. The summed E-state index contributed by atoms with van der Waals surface area (Å²) in [5.74, 6) is -0.706. The first kappa shape index (κ1) is 17.0. The number of rotatable bonds is 4. The van der Waals surface area contributed by atoms with E-state index in [2.05, 4.69) is 10.3 Å². The number of carbonyl (C=O) groups excluding carboxylic acids is 1. The molecule has 1 aromatic carbocycles. The largest absolute Gasteiger partial charge is 0.433 e. The van der Waals surface area contributed by atoms with Gasteiger partial charge < -0.3 is 10.4 Å². The summed E-state index contributed by atoms with van der Waals surface area (Å²) in [6.07, 6.45) is -5.30. The third kappa shape index (κ3) is 4.29. The van der Waals surface area contributed by atoms with Gasteiger partial charge >= 0.3 is 6.18 Å². The molecule has 0 spiro atoms. The predicted molar refractivity (Wildman–Crippen MR) is 77.2 cm³/mol. The fraction of sp³-hybridized carbons (Fsp3) is 0.250. The maximum Gasteiger partial charge on any atom is 0.433 e. The number of aromatic nitrogens is 1. The van der Waals surface area contributed by atoms with E-state index in [0.29, 0.717) is 0 Å². The quantitative estimate of drug-likeness (QED) is 0.909. The summed E-state index contributed by atoms with van der Waals surface area (Å²) in [5, 5.41) is 12.5. The van der Waals surface area contributed by atoms with Crippen molar-refractivity contribution in [2.24, 2.45) is 0 Å². The molecule has 0 fully saturated rings. The van der Waals surface area contributed by atoms with Gasteiger partial charge in [0.2, 0.25) is 0 Å². The van der Waals surface area contributed by atoms with Crippen LogP contribution < -0.4 is 5.32 Å². The number of nitrogens with zero attached hydrogens (tertiary/aromatic N) is 1. The highest BCUT2D eigenvalue weighted by atomic mass is 19.4. The summed E-state index contributed by atoms with van der Waals surface area (Å²) < 4.78 is 37.3. The molecule has 7 heteroatoms. The first-order valence-electron chi connectivity index (χ1n) is 6.85. The van der Waals surface area contributed by atoms with Crippen molar-refractivity contribution in [2.45, 2.75) is 25.2 Å². The Kier molecular flexibility index (Phi) is 5.00. The first-order valence-corrected chi connectivity index (χ1v) is 6.85. The van der Waals surface area contributed by atoms with Crippen LogP contribution in [-0.2, 0) is 11.0 Å². The summed E-state index contributed by atoms with van der Waals surface area (Å²) in [4.78, 5) is 15.2. The van der Waals surface area contributed by atoms with Crippen LogP contribution in [0.15, 0.2) is 48.7 Å². The second-order valence-electron chi connectivity index (χ2n) is 5.02. The highest BCUT2D eigenvalue weighted by Crippen LogP contribution is 2.28. The number of benzene rings is 1. The molecule has 122 valence electrons. The third-order valence-corrected chi connectivity index (χ3v) is 3.30. The summed E-state index contributed by atoms with van der Waals surface area (Å²) in [5.41, 5.74) is -0.235. The van der Waals surface area contributed by atoms with E-state index in [0.717, 1.165) is 23.9 Å². The zero-order valence-electron chi connectivity index (χ0n) is 12.2. The monoisotopic (exact) mass is 324 g/mol. The van der Waals surface area contributed by atoms with Gasteiger partial charge in [-0.15, -0.1) is 0 Å². The summed E-state index contributed by atoms with van der Waals surface area (Å²) in [6.45, 7) is 1.74. The molecule has 2 aromatic rings. The van der Waals surface area contributed by atoms with Crippen LogP contribution in [0.1, 0.15) is 35.9 Å². The molecule has 0 aliphatic heterocycles. The Balaban J connectivity index is 2.05. The molecular weight excluding hydrogens is 309 g/mol. The predicted octanol–water partition coefficient (Wildman–Crippen LogP) is 3.01. The van der Waals surface area contributed by atoms with E-state index in [1.54, 1.807) is 6.92 Å². The molecule has 23 heavy (non-hydrogen) atoms. The minimum absolute atomic E-state index is 0.00392. The molecule has 0 saturated heterocycles. The van der Waals surface area contributed by atoms with Crippen molar-refractivity contribution in [2.75, 3.05) is 0 Å². The number of hydrogen-bond donors (Lipinski definition) is 2. The Morgan fingerprint density at radius 1 is 1.13 bits per heavy atom. The minimum atomic E-state index is -4.56. The van der Waals surface area contributed by atoms with Crippen LogP contribution in [-0.4, -0.2) is 16.0 Å². The number of aliphatic hydroxyl groups excluding tert-OH is 1. The summed E-state index contributed by atoms with van der Waals surface area (Å²) in [6, 6.07) is 10.5. The lowest BCUT2D eigenvalue weighted by atomic mass is 10.1. The van der Waals surface area contributed by atoms with Gasteiger partial charge in [-0.05, 0) is 18.6 Å². The van der Waals surface area contributed by atoms with Gasteiger partial charge in [-0.25, -0.2) is 0 Å². The molecular formula is C16H15F3N2O2. The molecule has 0 aliphatic rings. The Bertz CT molecular complexity index is 657. The summed E-state index contributed by atoms with van der Waals surface area (Å²) in [7, 11) is 0. The molecule has 2 N–H and O–H groups in total. The van der Waals surface area contributed by atoms with E-state index in [9.17, 15) is 23.1 Å². The molecule has 0 saturated carbocycles.